The van der Waals surface area contributed by atoms with Crippen LogP contribution in [0.25, 0.3) is 0 Å². The van der Waals surface area contributed by atoms with E-state index in [1.165, 1.54) is 0 Å². The van der Waals surface area contributed by atoms with Crippen LogP contribution in [0.2, 0.25) is 0 Å². The highest BCUT2D eigenvalue weighted by Gasteiger charge is 2.26. The highest BCUT2D eigenvalue weighted by molar-refractivity contribution is 5.79. The lowest BCUT2D eigenvalue weighted by Crippen LogP contribution is -2.49. The van der Waals surface area contributed by atoms with E-state index in [2.05, 4.69) is 20.9 Å². The molecule has 2 unspecified atom stereocenters. The third-order valence-electron chi connectivity index (χ3n) is 3.97. The number of aliphatic hydroxyl groups is 1. The summed E-state index contributed by atoms with van der Waals surface area (Å²) >= 11 is 0. The minimum absolute atomic E-state index is 0.222. The Labute approximate surface area is 152 Å². The first-order valence-corrected chi connectivity index (χ1v) is 9.24. The smallest absolute Gasteiger partial charge is 0.408 e. The van der Waals surface area contributed by atoms with Crippen molar-refractivity contribution in [2.45, 2.75) is 78.0 Å². The average Bonchev–Trinajstić information content (AvgIpc) is 2.84. The molecule has 2 atom stereocenters. The van der Waals surface area contributed by atoms with E-state index in [0.717, 1.165) is 25.8 Å². The summed E-state index contributed by atoms with van der Waals surface area (Å²) in [6.45, 7) is 13.2. The standard InChI is InChI=1S/C18H36N4O3/c1-7-19-15(20-11-13-9-8-10-14(13)23)21-12-18(5,6)22-16(24)25-17(2,3)4/h13-14,23H,7-12H2,1-6H3,(H,22,24)(H2,19,20,21). The largest absolute Gasteiger partial charge is 0.444 e. The number of nitrogens with one attached hydrogen (secondary N) is 3. The molecule has 4 N–H and O–H groups in total. The van der Waals surface area contributed by atoms with Gasteiger partial charge in [0, 0.05) is 19.0 Å². The number of ether oxygens (including phenoxy) is 1. The third-order valence-corrected chi connectivity index (χ3v) is 3.97. The first kappa shape index (κ1) is 21.5. The number of aliphatic hydroxyl groups excluding tert-OH is 1. The molecule has 0 saturated heterocycles. The molecule has 1 fully saturated rings. The second-order valence-corrected chi connectivity index (χ2v) is 8.35. The van der Waals surface area contributed by atoms with Gasteiger partial charge in [0.25, 0.3) is 0 Å². The summed E-state index contributed by atoms with van der Waals surface area (Å²) in [5.74, 6) is 0.970. The average molecular weight is 357 g/mol. The first-order chi connectivity index (χ1) is 11.5. The molecule has 0 spiro atoms. The number of alkyl carbamates (subject to hydrolysis) is 1. The maximum absolute atomic E-state index is 11.9. The molecule has 7 nitrogen and oxygen atoms in total. The summed E-state index contributed by atoms with van der Waals surface area (Å²) in [4.78, 5) is 16.5. The number of guanidine groups is 1. The Morgan fingerprint density at radius 1 is 1.20 bits per heavy atom. The van der Waals surface area contributed by atoms with Crippen LogP contribution in [0.15, 0.2) is 4.99 Å². The predicted octanol–water partition coefficient (Wildman–Crippen LogP) is 2.01. The molecule has 0 radical (unpaired) electrons. The summed E-state index contributed by atoms with van der Waals surface area (Å²) < 4.78 is 5.30. The maximum Gasteiger partial charge on any atom is 0.408 e. The van der Waals surface area contributed by atoms with Crippen molar-refractivity contribution >= 4 is 12.1 Å². The van der Waals surface area contributed by atoms with Gasteiger partial charge in [-0.2, -0.15) is 0 Å². The molecule has 0 bridgehead atoms. The van der Waals surface area contributed by atoms with Crippen molar-refractivity contribution in [2.24, 2.45) is 10.9 Å². The maximum atomic E-state index is 11.9. The van der Waals surface area contributed by atoms with Crippen LogP contribution >= 0.6 is 0 Å². The monoisotopic (exact) mass is 356 g/mol. The van der Waals surface area contributed by atoms with E-state index in [0.29, 0.717) is 19.0 Å². The van der Waals surface area contributed by atoms with Gasteiger partial charge in [-0.25, -0.2) is 4.79 Å². The Morgan fingerprint density at radius 2 is 1.88 bits per heavy atom. The number of hydrogen-bond acceptors (Lipinski definition) is 4. The summed E-state index contributed by atoms with van der Waals surface area (Å²) in [6, 6.07) is 0. The zero-order valence-electron chi connectivity index (χ0n) is 16.6. The Kier molecular flexibility index (Phi) is 7.99. The number of hydrogen-bond donors (Lipinski definition) is 4. The minimum atomic E-state index is -0.530. The normalized spacial score (nSPS) is 21.8. The molecular weight excluding hydrogens is 320 g/mol. The van der Waals surface area contributed by atoms with Crippen molar-refractivity contribution in [1.82, 2.24) is 16.0 Å². The van der Waals surface area contributed by atoms with Gasteiger partial charge in [0.15, 0.2) is 5.96 Å². The fourth-order valence-corrected chi connectivity index (χ4v) is 2.72. The van der Waals surface area contributed by atoms with E-state index in [1.807, 2.05) is 41.5 Å². The Balaban J connectivity index is 2.54. The minimum Gasteiger partial charge on any atom is -0.444 e. The lowest BCUT2D eigenvalue weighted by atomic mass is 10.1. The molecule has 0 aromatic rings. The number of carbonyl (C=O) groups is 1. The topological polar surface area (TPSA) is 95.0 Å². The Hall–Kier alpha value is -1.50. The predicted molar refractivity (Wildman–Crippen MR) is 101 cm³/mol. The molecule has 0 aromatic carbocycles. The van der Waals surface area contributed by atoms with Gasteiger partial charge in [0.1, 0.15) is 5.60 Å². The van der Waals surface area contributed by atoms with Gasteiger partial charge in [0.2, 0.25) is 0 Å². The molecule has 146 valence electrons. The summed E-state index contributed by atoms with van der Waals surface area (Å²) in [6.07, 6.45) is 2.33. The van der Waals surface area contributed by atoms with Crippen molar-refractivity contribution in [3.63, 3.8) is 0 Å². The van der Waals surface area contributed by atoms with Crippen LogP contribution in [0.5, 0.6) is 0 Å². The lowest BCUT2D eigenvalue weighted by molar-refractivity contribution is 0.0476. The molecule has 25 heavy (non-hydrogen) atoms. The third kappa shape index (κ3) is 8.95. The second-order valence-electron chi connectivity index (χ2n) is 8.35. The molecule has 1 aliphatic carbocycles. The highest BCUT2D eigenvalue weighted by atomic mass is 16.6. The van der Waals surface area contributed by atoms with Crippen LogP contribution in [0, 0.1) is 5.92 Å². The van der Waals surface area contributed by atoms with Crippen molar-refractivity contribution in [1.29, 1.82) is 0 Å². The van der Waals surface area contributed by atoms with Crippen LogP contribution in [0.1, 0.15) is 60.8 Å². The van der Waals surface area contributed by atoms with Crippen LogP contribution in [0.3, 0.4) is 0 Å². The van der Waals surface area contributed by atoms with Crippen molar-refractivity contribution in [2.75, 3.05) is 19.6 Å². The van der Waals surface area contributed by atoms with Crippen LogP contribution < -0.4 is 16.0 Å². The van der Waals surface area contributed by atoms with E-state index < -0.39 is 17.2 Å². The molecule has 0 heterocycles. The summed E-state index contributed by atoms with van der Waals surface area (Å²) in [5.41, 5.74) is -1.06. The van der Waals surface area contributed by atoms with Crippen molar-refractivity contribution in [3.05, 3.63) is 0 Å². The summed E-state index contributed by atoms with van der Waals surface area (Å²) in [5, 5.41) is 19.3. The number of amides is 1. The number of rotatable bonds is 6. The quantitative estimate of drug-likeness (QED) is 0.431. The van der Waals surface area contributed by atoms with E-state index in [1.54, 1.807) is 0 Å². The fourth-order valence-electron chi connectivity index (χ4n) is 2.72. The SMILES string of the molecule is CCNC(=NCC(C)(C)NC(=O)OC(C)(C)C)NCC1CCCC1O. The van der Waals surface area contributed by atoms with Gasteiger partial charge in [-0.15, -0.1) is 0 Å². The Bertz CT molecular complexity index is 458. The highest BCUT2D eigenvalue weighted by Crippen LogP contribution is 2.24. The van der Waals surface area contributed by atoms with Gasteiger partial charge >= 0.3 is 6.09 Å². The molecule has 7 heteroatoms. The van der Waals surface area contributed by atoms with Crippen molar-refractivity contribution in [3.8, 4) is 0 Å². The number of nitrogens with zero attached hydrogens (tertiary/aromatic N) is 1. The molecular formula is C18H36N4O3. The number of aliphatic imine (C=N–C) groups is 1. The van der Waals surface area contributed by atoms with Crippen LogP contribution in [0.4, 0.5) is 4.79 Å². The van der Waals surface area contributed by atoms with E-state index >= 15 is 0 Å². The van der Waals surface area contributed by atoms with E-state index in [9.17, 15) is 9.90 Å². The second kappa shape index (κ2) is 9.27. The lowest BCUT2D eigenvalue weighted by Gasteiger charge is -2.27. The van der Waals surface area contributed by atoms with Gasteiger partial charge in [-0.05, 0) is 54.4 Å². The molecule has 0 aromatic heterocycles. The van der Waals surface area contributed by atoms with Gasteiger partial charge in [-0.3, -0.25) is 4.99 Å². The van der Waals surface area contributed by atoms with E-state index in [-0.39, 0.29) is 12.0 Å². The molecule has 1 aliphatic rings. The zero-order chi connectivity index (χ0) is 19.1. The van der Waals surface area contributed by atoms with Crippen LogP contribution in [-0.2, 0) is 4.74 Å². The molecule has 1 saturated carbocycles. The van der Waals surface area contributed by atoms with Gasteiger partial charge < -0.3 is 25.8 Å². The number of carbonyl (C=O) groups excluding carboxylic acids is 1. The molecule has 1 amide bonds. The fraction of sp³-hybridized carbons (Fsp3) is 0.889. The Morgan fingerprint density at radius 3 is 2.40 bits per heavy atom. The first-order valence-electron chi connectivity index (χ1n) is 9.24. The van der Waals surface area contributed by atoms with E-state index in [4.69, 9.17) is 4.74 Å². The zero-order valence-corrected chi connectivity index (χ0v) is 16.6. The van der Waals surface area contributed by atoms with Crippen molar-refractivity contribution < 1.29 is 14.6 Å². The molecule has 0 aliphatic heterocycles. The van der Waals surface area contributed by atoms with Crippen LogP contribution in [-0.4, -0.2) is 54.0 Å². The molecule has 1 rings (SSSR count). The summed E-state index contributed by atoms with van der Waals surface area (Å²) in [7, 11) is 0. The van der Waals surface area contributed by atoms with Gasteiger partial charge in [-0.1, -0.05) is 6.42 Å². The van der Waals surface area contributed by atoms with Gasteiger partial charge in [0.05, 0.1) is 18.2 Å².